The van der Waals surface area contributed by atoms with Crippen LogP contribution >= 0.6 is 0 Å². The van der Waals surface area contributed by atoms with Gasteiger partial charge >= 0.3 is 0 Å². The van der Waals surface area contributed by atoms with Gasteiger partial charge in [0.15, 0.2) is 23.1 Å². The highest BCUT2D eigenvalue weighted by atomic mass is 19.1. The Balaban J connectivity index is 1.00. The molecule has 1 amide bonds. The van der Waals surface area contributed by atoms with Crippen LogP contribution in [0, 0.1) is 11.6 Å². The third kappa shape index (κ3) is 7.03. The number of anilines is 1. The van der Waals surface area contributed by atoms with E-state index in [0.717, 1.165) is 39.1 Å². The Hall–Kier alpha value is -5.14. The molecule has 0 spiro atoms. The van der Waals surface area contributed by atoms with Crippen LogP contribution < -0.4 is 19.5 Å². The van der Waals surface area contributed by atoms with E-state index in [9.17, 15) is 9.18 Å². The van der Waals surface area contributed by atoms with E-state index < -0.39 is 11.2 Å². The van der Waals surface area contributed by atoms with Gasteiger partial charge in [-0.25, -0.2) is 8.78 Å². The zero-order chi connectivity index (χ0) is 34.0. The van der Waals surface area contributed by atoms with Crippen molar-refractivity contribution in [3.8, 4) is 34.5 Å². The number of nitrogens with one attached hydrogen (secondary N) is 1. The molecule has 0 atom stereocenters. The van der Waals surface area contributed by atoms with Crippen molar-refractivity contribution in [3.63, 3.8) is 0 Å². The zero-order valence-electron chi connectivity index (χ0n) is 27.2. The minimum atomic E-state index is -1.01. The van der Waals surface area contributed by atoms with Crippen LogP contribution in [0.3, 0.4) is 0 Å². The Bertz CT molecular complexity index is 1960. The van der Waals surface area contributed by atoms with Crippen molar-refractivity contribution in [3.05, 3.63) is 84.4 Å². The summed E-state index contributed by atoms with van der Waals surface area (Å²) in [6.07, 6.45) is 3.46. The Morgan fingerprint density at radius 3 is 2.47 bits per heavy atom. The van der Waals surface area contributed by atoms with Crippen molar-refractivity contribution in [1.82, 2.24) is 25.0 Å². The van der Waals surface area contributed by atoms with E-state index in [1.165, 1.54) is 36.4 Å². The SMILES string of the molecule is COc1cc2c(Oc3ccc(NC(=O)C4(c5nnc(-c6ccc(F)cc6)o5)CC4)cc3F)ccnc2cc1OCCCN1CCN(C)CC1. The maximum absolute atomic E-state index is 15.4. The molecule has 5 aromatic rings. The first-order chi connectivity index (χ1) is 23.8. The predicted molar refractivity (Wildman–Crippen MR) is 178 cm³/mol. The van der Waals surface area contributed by atoms with Crippen LogP contribution in [0.5, 0.6) is 23.0 Å². The first kappa shape index (κ1) is 32.4. The molecule has 11 nitrogen and oxygen atoms in total. The fourth-order valence-electron chi connectivity index (χ4n) is 5.85. The normalized spacial score (nSPS) is 16.0. The second-order valence-corrected chi connectivity index (χ2v) is 12.4. The summed E-state index contributed by atoms with van der Waals surface area (Å²) in [6.45, 7) is 5.77. The summed E-state index contributed by atoms with van der Waals surface area (Å²) in [5, 5.41) is 11.5. The maximum atomic E-state index is 15.4. The minimum Gasteiger partial charge on any atom is -0.493 e. The number of carbonyl (C=O) groups is 1. The molecule has 3 aromatic carbocycles. The molecule has 1 aliphatic carbocycles. The average molecular weight is 671 g/mol. The summed E-state index contributed by atoms with van der Waals surface area (Å²) in [5.41, 5.74) is 0.375. The van der Waals surface area contributed by atoms with E-state index in [1.807, 2.05) is 0 Å². The van der Waals surface area contributed by atoms with Gasteiger partial charge in [-0.15, -0.1) is 10.2 Å². The number of methoxy groups -OCH3 is 1. The van der Waals surface area contributed by atoms with Gasteiger partial charge in [0, 0.05) is 67.7 Å². The fraction of sp³-hybridized carbons (Fsp3) is 0.333. The van der Waals surface area contributed by atoms with Crippen LogP contribution in [0.1, 0.15) is 25.2 Å². The number of halogens is 2. The Morgan fingerprint density at radius 1 is 0.939 bits per heavy atom. The third-order valence-electron chi connectivity index (χ3n) is 8.98. The Kier molecular flexibility index (Phi) is 9.11. The molecule has 254 valence electrons. The molecule has 3 heterocycles. The summed E-state index contributed by atoms with van der Waals surface area (Å²) >= 11 is 0. The van der Waals surface area contributed by atoms with Crippen LogP contribution in [-0.2, 0) is 10.2 Å². The number of rotatable bonds is 12. The van der Waals surface area contributed by atoms with Crippen molar-refractivity contribution in [2.24, 2.45) is 0 Å². The molecule has 0 radical (unpaired) electrons. The molecule has 0 unspecified atom stereocenters. The van der Waals surface area contributed by atoms with Gasteiger partial charge in [0.25, 0.3) is 0 Å². The third-order valence-corrected chi connectivity index (χ3v) is 8.98. The molecule has 2 fully saturated rings. The van der Waals surface area contributed by atoms with Crippen molar-refractivity contribution in [1.29, 1.82) is 0 Å². The zero-order valence-corrected chi connectivity index (χ0v) is 27.2. The topological polar surface area (TPSA) is 115 Å². The van der Waals surface area contributed by atoms with E-state index in [4.69, 9.17) is 18.6 Å². The number of pyridine rings is 1. The lowest BCUT2D eigenvalue weighted by atomic mass is 10.1. The molecular formula is C36H36F2N6O5. The molecule has 7 rings (SSSR count). The van der Waals surface area contributed by atoms with Gasteiger partial charge in [0.1, 0.15) is 17.0 Å². The second-order valence-electron chi connectivity index (χ2n) is 12.4. The van der Waals surface area contributed by atoms with Crippen molar-refractivity contribution >= 4 is 22.5 Å². The number of hydrogen-bond donors (Lipinski definition) is 1. The number of amides is 1. The molecule has 1 aliphatic heterocycles. The lowest BCUT2D eigenvalue weighted by Gasteiger charge is -2.32. The Morgan fingerprint density at radius 2 is 1.73 bits per heavy atom. The summed E-state index contributed by atoms with van der Waals surface area (Å²) in [4.78, 5) is 22.5. The molecule has 0 bridgehead atoms. The van der Waals surface area contributed by atoms with Gasteiger partial charge in [0.05, 0.1) is 19.2 Å². The highest BCUT2D eigenvalue weighted by Gasteiger charge is 2.56. The highest BCUT2D eigenvalue weighted by molar-refractivity contribution is 6.00. The van der Waals surface area contributed by atoms with Crippen molar-refractivity contribution in [2.75, 3.05) is 58.8 Å². The molecule has 2 aliphatic rings. The van der Waals surface area contributed by atoms with Gasteiger partial charge in [-0.05, 0) is 74.8 Å². The molecule has 1 saturated heterocycles. The smallest absolute Gasteiger partial charge is 0.247 e. The second kappa shape index (κ2) is 13.8. The summed E-state index contributed by atoms with van der Waals surface area (Å²) in [6, 6.07) is 15.0. The van der Waals surface area contributed by atoms with E-state index in [1.54, 1.807) is 37.6 Å². The Labute approximate surface area is 281 Å². The average Bonchev–Trinajstić information content (AvgIpc) is 3.78. The van der Waals surface area contributed by atoms with Crippen molar-refractivity contribution in [2.45, 2.75) is 24.7 Å². The molecule has 1 N–H and O–H groups in total. The van der Waals surface area contributed by atoms with Gasteiger partial charge < -0.3 is 33.7 Å². The monoisotopic (exact) mass is 670 g/mol. The number of fused-ring (bicyclic) bond motifs is 1. The van der Waals surface area contributed by atoms with Crippen LogP contribution in [0.2, 0.25) is 0 Å². The quantitative estimate of drug-likeness (QED) is 0.157. The van der Waals surface area contributed by atoms with Crippen LogP contribution in [-0.4, -0.2) is 84.4 Å². The van der Waals surface area contributed by atoms with Gasteiger partial charge in [-0.2, -0.15) is 0 Å². The number of likely N-dealkylation sites (N-methyl/N-ethyl adjacent to an activating group) is 1. The van der Waals surface area contributed by atoms with E-state index in [0.29, 0.717) is 53.2 Å². The number of aromatic nitrogens is 3. The number of ether oxygens (including phenoxy) is 3. The number of carbonyl (C=O) groups excluding carboxylic acids is 1. The van der Waals surface area contributed by atoms with E-state index >= 15 is 4.39 Å². The number of hydrogen-bond acceptors (Lipinski definition) is 10. The minimum absolute atomic E-state index is 0.0318. The lowest BCUT2D eigenvalue weighted by molar-refractivity contribution is -0.119. The standard InChI is InChI=1S/C36H36F2N6O5/c1-43-15-17-44(18-16-43)14-3-19-47-32-22-28-26(21-31(32)46-2)29(10-13-39-28)48-30-9-8-25(20-27(30)38)40-34(45)36(11-12-36)35-42-41-33(49-35)23-4-6-24(37)7-5-23/h4-10,13,20-22H,3,11-12,14-19H2,1-2H3,(H,40,45). The van der Waals surface area contributed by atoms with E-state index in [2.05, 4.69) is 37.3 Å². The van der Waals surface area contributed by atoms with Crippen LogP contribution in [0.15, 0.2) is 71.3 Å². The number of nitrogens with zero attached hydrogens (tertiary/aromatic N) is 5. The highest BCUT2D eigenvalue weighted by Crippen LogP contribution is 2.49. The van der Waals surface area contributed by atoms with E-state index in [-0.39, 0.29) is 34.9 Å². The summed E-state index contributed by atoms with van der Waals surface area (Å²) in [5.74, 6) is 0.333. The van der Waals surface area contributed by atoms with Crippen LogP contribution in [0.4, 0.5) is 14.5 Å². The molecule has 13 heteroatoms. The number of piperazine rings is 1. The first-order valence-electron chi connectivity index (χ1n) is 16.2. The molecule has 2 aromatic heterocycles. The maximum Gasteiger partial charge on any atom is 0.247 e. The fourth-order valence-corrected chi connectivity index (χ4v) is 5.85. The molecule has 49 heavy (non-hydrogen) atoms. The van der Waals surface area contributed by atoms with Gasteiger partial charge in [0.2, 0.25) is 17.7 Å². The van der Waals surface area contributed by atoms with Crippen molar-refractivity contribution < 1.29 is 32.2 Å². The van der Waals surface area contributed by atoms with Gasteiger partial charge in [-0.1, -0.05) is 0 Å². The molecular weight excluding hydrogens is 634 g/mol. The summed E-state index contributed by atoms with van der Waals surface area (Å²) in [7, 11) is 3.71. The molecule has 1 saturated carbocycles. The summed E-state index contributed by atoms with van der Waals surface area (Å²) < 4.78 is 52.2. The van der Waals surface area contributed by atoms with Crippen LogP contribution in [0.25, 0.3) is 22.4 Å². The largest absolute Gasteiger partial charge is 0.493 e. The number of benzene rings is 3. The first-order valence-corrected chi connectivity index (χ1v) is 16.2. The lowest BCUT2D eigenvalue weighted by Crippen LogP contribution is -2.44. The predicted octanol–water partition coefficient (Wildman–Crippen LogP) is 6.05. The van der Waals surface area contributed by atoms with Gasteiger partial charge in [-0.3, -0.25) is 9.78 Å².